The van der Waals surface area contributed by atoms with Gasteiger partial charge in [-0.1, -0.05) is 36.4 Å². The first-order valence-corrected chi connectivity index (χ1v) is 10.0. The lowest BCUT2D eigenvalue weighted by atomic mass is 9.79. The van der Waals surface area contributed by atoms with Crippen LogP contribution in [0.1, 0.15) is 45.8 Å². The highest BCUT2D eigenvalue weighted by Crippen LogP contribution is 2.39. The number of halogens is 6. The molecule has 2 atom stereocenters. The maximum atomic E-state index is 13.2. The molecule has 1 aliphatic carbocycles. The zero-order valence-electron chi connectivity index (χ0n) is 16.8. The molecule has 2 nitrogen and oxygen atoms in total. The first-order chi connectivity index (χ1) is 15.1. The molecule has 0 amide bonds. The molecule has 1 aromatic heterocycles. The Balaban J connectivity index is 1.64. The highest BCUT2D eigenvalue weighted by atomic mass is 19.4. The number of rotatable bonds is 4. The van der Waals surface area contributed by atoms with Gasteiger partial charge in [-0.2, -0.15) is 26.3 Å². The Labute approximate surface area is 180 Å². The summed E-state index contributed by atoms with van der Waals surface area (Å²) in [6.07, 6.45) is -7.34. The van der Waals surface area contributed by atoms with Gasteiger partial charge in [-0.05, 0) is 53.8 Å². The summed E-state index contributed by atoms with van der Waals surface area (Å²) in [5.41, 5.74) is -0.0375. The number of hydrogen-bond acceptors (Lipinski definition) is 2. The molecule has 0 saturated heterocycles. The van der Waals surface area contributed by atoms with Crippen molar-refractivity contribution in [3.8, 4) is 0 Å². The molecule has 0 fully saturated rings. The van der Waals surface area contributed by atoms with E-state index in [2.05, 4.69) is 4.98 Å². The van der Waals surface area contributed by atoms with Crippen molar-refractivity contribution < 1.29 is 31.1 Å². The molecule has 8 heteroatoms. The number of fused-ring (bicyclic) bond motifs is 1. The summed E-state index contributed by atoms with van der Waals surface area (Å²) in [6, 6.07) is 14.8. The fraction of sp³-hybridized carbons (Fsp3) is 0.292. The highest BCUT2D eigenvalue weighted by Gasteiger charge is 2.37. The summed E-state index contributed by atoms with van der Waals surface area (Å²) in [4.78, 5) is 4.42. The molecule has 0 saturated carbocycles. The molecule has 1 heterocycles. The van der Waals surface area contributed by atoms with E-state index in [1.165, 1.54) is 0 Å². The summed E-state index contributed by atoms with van der Waals surface area (Å²) in [6.45, 7) is -0.364. The Morgan fingerprint density at radius 3 is 2.12 bits per heavy atom. The van der Waals surface area contributed by atoms with E-state index in [4.69, 9.17) is 4.74 Å². The van der Waals surface area contributed by atoms with E-state index < -0.39 is 29.6 Å². The Kier molecular flexibility index (Phi) is 5.99. The fourth-order valence-corrected chi connectivity index (χ4v) is 4.13. The van der Waals surface area contributed by atoms with E-state index in [1.807, 2.05) is 36.4 Å². The van der Waals surface area contributed by atoms with E-state index in [0.717, 1.165) is 16.8 Å². The van der Waals surface area contributed by atoms with Gasteiger partial charge in [0, 0.05) is 17.8 Å². The first kappa shape index (κ1) is 22.3. The van der Waals surface area contributed by atoms with Crippen LogP contribution in [0.2, 0.25) is 0 Å². The van der Waals surface area contributed by atoms with Crippen LogP contribution >= 0.6 is 0 Å². The predicted molar refractivity (Wildman–Crippen MR) is 106 cm³/mol. The second kappa shape index (κ2) is 8.58. The molecule has 2 aromatic carbocycles. The molecule has 4 rings (SSSR count). The van der Waals surface area contributed by atoms with Crippen LogP contribution in [-0.4, -0.2) is 11.1 Å². The van der Waals surface area contributed by atoms with Gasteiger partial charge in [0.05, 0.1) is 23.8 Å². The van der Waals surface area contributed by atoms with Gasteiger partial charge >= 0.3 is 12.4 Å². The zero-order chi connectivity index (χ0) is 22.9. The van der Waals surface area contributed by atoms with E-state index >= 15 is 0 Å². The van der Waals surface area contributed by atoms with Gasteiger partial charge in [-0.25, -0.2) is 0 Å². The normalized spacial score (nSPS) is 18.9. The summed E-state index contributed by atoms with van der Waals surface area (Å²) in [7, 11) is 0. The van der Waals surface area contributed by atoms with Gasteiger partial charge in [-0.3, -0.25) is 4.98 Å². The molecule has 0 aliphatic heterocycles. The molecule has 0 bridgehead atoms. The largest absolute Gasteiger partial charge is 0.416 e. The van der Waals surface area contributed by atoms with Crippen LogP contribution in [0, 0.1) is 0 Å². The van der Waals surface area contributed by atoms with Crippen molar-refractivity contribution in [1.29, 1.82) is 0 Å². The number of aryl methyl sites for hydroxylation is 1. The van der Waals surface area contributed by atoms with Crippen molar-refractivity contribution in [3.63, 3.8) is 0 Å². The van der Waals surface area contributed by atoms with Gasteiger partial charge in [0.15, 0.2) is 0 Å². The molecular formula is C24H19F6NO. The minimum absolute atomic E-state index is 0.124. The van der Waals surface area contributed by atoms with Crippen molar-refractivity contribution in [1.82, 2.24) is 4.98 Å². The van der Waals surface area contributed by atoms with E-state index in [-0.39, 0.29) is 24.2 Å². The number of alkyl halides is 6. The van der Waals surface area contributed by atoms with Gasteiger partial charge in [0.1, 0.15) is 0 Å². The summed E-state index contributed by atoms with van der Waals surface area (Å²) in [5.74, 6) is -0.221. The van der Waals surface area contributed by atoms with Crippen molar-refractivity contribution in [2.45, 2.75) is 43.8 Å². The van der Waals surface area contributed by atoms with Crippen molar-refractivity contribution in [2.75, 3.05) is 0 Å². The van der Waals surface area contributed by atoms with E-state index in [1.54, 1.807) is 12.3 Å². The maximum absolute atomic E-state index is 13.2. The average molecular weight is 451 g/mol. The molecule has 3 aromatic rings. The third kappa shape index (κ3) is 4.80. The van der Waals surface area contributed by atoms with Crippen molar-refractivity contribution in [3.05, 3.63) is 100 Å². The Morgan fingerprint density at radius 1 is 0.844 bits per heavy atom. The van der Waals surface area contributed by atoms with Crippen molar-refractivity contribution in [2.24, 2.45) is 0 Å². The molecule has 1 aliphatic rings. The molecule has 0 spiro atoms. The van der Waals surface area contributed by atoms with E-state index in [9.17, 15) is 26.3 Å². The van der Waals surface area contributed by atoms with Crippen LogP contribution in [0.25, 0.3) is 0 Å². The average Bonchev–Trinajstić information content (AvgIpc) is 2.76. The van der Waals surface area contributed by atoms with Crippen LogP contribution in [-0.2, 0) is 30.1 Å². The van der Waals surface area contributed by atoms with Crippen LogP contribution < -0.4 is 0 Å². The van der Waals surface area contributed by atoms with Gasteiger partial charge in [0.2, 0.25) is 0 Å². The molecule has 168 valence electrons. The number of hydrogen-bond donors (Lipinski definition) is 0. The van der Waals surface area contributed by atoms with Gasteiger partial charge in [-0.15, -0.1) is 0 Å². The van der Waals surface area contributed by atoms with Gasteiger partial charge < -0.3 is 4.74 Å². The number of pyridine rings is 1. The lowest BCUT2D eigenvalue weighted by Gasteiger charge is -2.33. The lowest BCUT2D eigenvalue weighted by molar-refractivity contribution is -0.143. The van der Waals surface area contributed by atoms with Crippen LogP contribution in [0.5, 0.6) is 0 Å². The maximum Gasteiger partial charge on any atom is 0.416 e. The van der Waals surface area contributed by atoms with Crippen molar-refractivity contribution >= 4 is 0 Å². The quantitative estimate of drug-likeness (QED) is 0.408. The zero-order valence-corrected chi connectivity index (χ0v) is 16.8. The Bertz CT molecular complexity index is 1050. The molecule has 0 radical (unpaired) electrons. The number of ether oxygens (including phenoxy) is 1. The highest BCUT2D eigenvalue weighted by molar-refractivity contribution is 5.39. The minimum Gasteiger partial charge on any atom is -0.373 e. The molecular weight excluding hydrogens is 432 g/mol. The predicted octanol–water partition coefficient (Wildman–Crippen LogP) is 6.78. The minimum atomic E-state index is -4.89. The van der Waals surface area contributed by atoms with Crippen LogP contribution in [0.15, 0.2) is 66.9 Å². The molecule has 0 N–H and O–H groups in total. The topological polar surface area (TPSA) is 22.1 Å². The lowest BCUT2D eigenvalue weighted by Crippen LogP contribution is -2.29. The smallest absolute Gasteiger partial charge is 0.373 e. The second-order valence-electron chi connectivity index (χ2n) is 7.73. The third-order valence-corrected chi connectivity index (χ3v) is 5.57. The molecule has 32 heavy (non-hydrogen) atoms. The van der Waals surface area contributed by atoms with E-state index in [0.29, 0.717) is 25.0 Å². The summed E-state index contributed by atoms with van der Waals surface area (Å²) in [5, 5.41) is 0. The second-order valence-corrected chi connectivity index (χ2v) is 7.73. The van der Waals surface area contributed by atoms with Crippen LogP contribution in [0.3, 0.4) is 0 Å². The number of aromatic nitrogens is 1. The summed E-state index contributed by atoms with van der Waals surface area (Å²) < 4.78 is 85.0. The fourth-order valence-electron chi connectivity index (χ4n) is 4.13. The van der Waals surface area contributed by atoms with Gasteiger partial charge in [0.25, 0.3) is 0 Å². The monoisotopic (exact) mass is 451 g/mol. The Hall–Kier alpha value is -2.87. The molecule has 0 unspecified atom stereocenters. The SMILES string of the molecule is FC(F)(F)c1cc(CO[C@@H]2CCc3ncccc3[C@H]2c2ccccc2)cc(C(F)(F)F)c1. The number of nitrogens with zero attached hydrogens (tertiary/aromatic N) is 1. The summed E-state index contributed by atoms with van der Waals surface area (Å²) >= 11 is 0. The third-order valence-electron chi connectivity index (χ3n) is 5.57. The standard InChI is InChI=1S/C24H19F6NO/c25-23(26,27)17-11-15(12-18(13-17)24(28,29)30)14-32-21-9-8-20-19(7-4-10-31-20)22(21)16-5-2-1-3-6-16/h1-7,10-13,21-22H,8-9,14H2/t21-,22-/m1/s1. The Morgan fingerprint density at radius 2 is 1.50 bits per heavy atom. The van der Waals surface area contributed by atoms with Crippen LogP contribution in [0.4, 0.5) is 26.3 Å². The first-order valence-electron chi connectivity index (χ1n) is 10.0. The number of benzene rings is 2.